The van der Waals surface area contributed by atoms with Crippen molar-refractivity contribution in [2.45, 2.75) is 38.6 Å². The Bertz CT molecular complexity index is 294. The van der Waals surface area contributed by atoms with E-state index in [-0.39, 0.29) is 5.54 Å². The fraction of sp³-hybridized carbons (Fsp3) is 0.500. The van der Waals surface area contributed by atoms with Gasteiger partial charge in [0.05, 0.1) is 0 Å². The van der Waals surface area contributed by atoms with Crippen LogP contribution in [0.3, 0.4) is 0 Å². The van der Waals surface area contributed by atoms with Crippen LogP contribution in [0.5, 0.6) is 0 Å². The molecule has 0 radical (unpaired) electrons. The van der Waals surface area contributed by atoms with Gasteiger partial charge in [-0.25, -0.2) is 0 Å². The molecule has 14 heavy (non-hydrogen) atoms. The third-order valence-corrected chi connectivity index (χ3v) is 2.87. The summed E-state index contributed by atoms with van der Waals surface area (Å²) < 4.78 is 0. The summed E-state index contributed by atoms with van der Waals surface area (Å²) in [7, 11) is 0. The molecule has 0 bridgehead atoms. The fourth-order valence-electron chi connectivity index (χ4n) is 1.60. The molecule has 1 atom stereocenters. The van der Waals surface area contributed by atoms with Gasteiger partial charge in [0.2, 0.25) is 0 Å². The lowest BCUT2D eigenvalue weighted by molar-refractivity contribution is 0.433. The summed E-state index contributed by atoms with van der Waals surface area (Å²) in [5.74, 6) is 0. The molecule has 78 valence electrons. The average Bonchev–Trinajstić information content (AvgIpc) is 2.15. The second-order valence-corrected chi connectivity index (χ2v) is 4.41. The van der Waals surface area contributed by atoms with E-state index in [2.05, 4.69) is 6.92 Å². The summed E-state index contributed by atoms with van der Waals surface area (Å²) in [5, 5.41) is 0.772. The van der Waals surface area contributed by atoms with Crippen LogP contribution in [0, 0.1) is 0 Å². The summed E-state index contributed by atoms with van der Waals surface area (Å²) in [6.07, 6.45) is 3.28. The molecule has 0 saturated carbocycles. The van der Waals surface area contributed by atoms with E-state index in [1.807, 2.05) is 31.2 Å². The number of benzene rings is 1. The van der Waals surface area contributed by atoms with E-state index in [0.717, 1.165) is 29.8 Å². The van der Waals surface area contributed by atoms with Gasteiger partial charge in [-0.15, -0.1) is 0 Å². The first-order chi connectivity index (χ1) is 6.58. The Morgan fingerprint density at radius 2 is 2.00 bits per heavy atom. The van der Waals surface area contributed by atoms with Gasteiger partial charge < -0.3 is 5.73 Å². The minimum absolute atomic E-state index is 0.297. The highest BCUT2D eigenvalue weighted by Crippen LogP contribution is 2.29. The monoisotopic (exact) mass is 211 g/mol. The van der Waals surface area contributed by atoms with Crippen molar-refractivity contribution in [2.24, 2.45) is 5.73 Å². The number of halogens is 1. The molecule has 0 amide bonds. The first kappa shape index (κ1) is 11.5. The van der Waals surface area contributed by atoms with Gasteiger partial charge in [-0.05, 0) is 25.0 Å². The Morgan fingerprint density at radius 3 is 2.57 bits per heavy atom. The third kappa shape index (κ3) is 2.73. The maximum Gasteiger partial charge on any atom is 0.0456 e. The number of rotatable bonds is 4. The van der Waals surface area contributed by atoms with Gasteiger partial charge in [-0.2, -0.15) is 0 Å². The summed E-state index contributed by atoms with van der Waals surface area (Å²) in [5.41, 5.74) is 6.99. The van der Waals surface area contributed by atoms with Crippen molar-refractivity contribution >= 4 is 11.6 Å². The topological polar surface area (TPSA) is 26.0 Å². The molecule has 1 aromatic carbocycles. The van der Waals surface area contributed by atoms with Crippen molar-refractivity contribution in [3.05, 3.63) is 34.9 Å². The van der Waals surface area contributed by atoms with Crippen LogP contribution >= 0.6 is 11.6 Å². The predicted octanol–water partition coefficient (Wildman–Crippen LogP) is 3.70. The molecule has 0 heterocycles. The minimum Gasteiger partial charge on any atom is -0.322 e. The van der Waals surface area contributed by atoms with Crippen LogP contribution in [0.15, 0.2) is 24.3 Å². The van der Waals surface area contributed by atoms with Gasteiger partial charge >= 0.3 is 0 Å². The van der Waals surface area contributed by atoms with E-state index in [4.69, 9.17) is 17.3 Å². The molecule has 2 N–H and O–H groups in total. The van der Waals surface area contributed by atoms with E-state index in [0.29, 0.717) is 0 Å². The van der Waals surface area contributed by atoms with Crippen LogP contribution in [0.1, 0.15) is 38.7 Å². The number of hydrogen-bond donors (Lipinski definition) is 1. The lowest BCUT2D eigenvalue weighted by Crippen LogP contribution is -2.33. The van der Waals surface area contributed by atoms with Crippen LogP contribution in [0.4, 0.5) is 0 Å². The van der Waals surface area contributed by atoms with Gasteiger partial charge in [0.1, 0.15) is 0 Å². The maximum absolute atomic E-state index is 6.24. The lowest BCUT2D eigenvalue weighted by Gasteiger charge is -2.26. The van der Waals surface area contributed by atoms with Gasteiger partial charge in [-0.1, -0.05) is 49.6 Å². The van der Waals surface area contributed by atoms with Crippen molar-refractivity contribution in [1.29, 1.82) is 0 Å². The number of unbranched alkanes of at least 4 members (excludes halogenated alkanes) is 1. The Labute approximate surface area is 91.3 Å². The molecule has 1 unspecified atom stereocenters. The van der Waals surface area contributed by atoms with Crippen molar-refractivity contribution in [3.63, 3.8) is 0 Å². The molecular formula is C12H18ClN. The average molecular weight is 212 g/mol. The zero-order valence-corrected chi connectivity index (χ0v) is 9.64. The zero-order chi connectivity index (χ0) is 10.6. The van der Waals surface area contributed by atoms with Crippen LogP contribution < -0.4 is 5.73 Å². The smallest absolute Gasteiger partial charge is 0.0456 e. The van der Waals surface area contributed by atoms with Gasteiger partial charge in [0.25, 0.3) is 0 Å². The largest absolute Gasteiger partial charge is 0.322 e. The molecule has 1 aromatic rings. The lowest BCUT2D eigenvalue weighted by atomic mass is 9.88. The highest BCUT2D eigenvalue weighted by molar-refractivity contribution is 6.31. The quantitative estimate of drug-likeness (QED) is 0.808. The van der Waals surface area contributed by atoms with E-state index >= 15 is 0 Å². The Balaban J connectivity index is 2.86. The van der Waals surface area contributed by atoms with Crippen LogP contribution in [-0.4, -0.2) is 0 Å². The van der Waals surface area contributed by atoms with Crippen LogP contribution in [-0.2, 0) is 5.54 Å². The minimum atomic E-state index is -0.297. The second kappa shape index (κ2) is 4.81. The molecule has 0 aliphatic heterocycles. The van der Waals surface area contributed by atoms with Crippen molar-refractivity contribution < 1.29 is 0 Å². The normalized spacial score (nSPS) is 15.1. The highest BCUT2D eigenvalue weighted by atomic mass is 35.5. The Morgan fingerprint density at radius 1 is 1.36 bits per heavy atom. The molecule has 0 spiro atoms. The molecule has 0 fully saturated rings. The Hall–Kier alpha value is -0.530. The van der Waals surface area contributed by atoms with Gasteiger partial charge in [0.15, 0.2) is 0 Å². The van der Waals surface area contributed by atoms with E-state index in [1.54, 1.807) is 0 Å². The number of nitrogens with two attached hydrogens (primary N) is 1. The molecule has 0 saturated heterocycles. The molecule has 1 nitrogen and oxygen atoms in total. The SMILES string of the molecule is CCCCC(C)(N)c1ccccc1Cl. The molecule has 1 rings (SSSR count). The fourth-order valence-corrected chi connectivity index (χ4v) is 1.95. The summed E-state index contributed by atoms with van der Waals surface area (Å²) >= 11 is 6.11. The highest BCUT2D eigenvalue weighted by Gasteiger charge is 2.22. The van der Waals surface area contributed by atoms with E-state index in [9.17, 15) is 0 Å². The Kier molecular flexibility index (Phi) is 3.97. The van der Waals surface area contributed by atoms with Gasteiger partial charge in [-0.3, -0.25) is 0 Å². The molecule has 0 aliphatic carbocycles. The molecular weight excluding hydrogens is 194 g/mol. The predicted molar refractivity (Wildman–Crippen MR) is 62.5 cm³/mol. The molecule has 0 aliphatic rings. The molecule has 0 aromatic heterocycles. The van der Waals surface area contributed by atoms with Crippen LogP contribution in [0.2, 0.25) is 5.02 Å². The van der Waals surface area contributed by atoms with Gasteiger partial charge in [0, 0.05) is 10.6 Å². The van der Waals surface area contributed by atoms with Crippen molar-refractivity contribution in [1.82, 2.24) is 0 Å². The van der Waals surface area contributed by atoms with Crippen molar-refractivity contribution in [3.8, 4) is 0 Å². The summed E-state index contributed by atoms with van der Waals surface area (Å²) in [6.45, 7) is 4.21. The summed E-state index contributed by atoms with van der Waals surface area (Å²) in [4.78, 5) is 0. The first-order valence-electron chi connectivity index (χ1n) is 5.12. The third-order valence-electron chi connectivity index (χ3n) is 2.54. The number of hydrogen-bond acceptors (Lipinski definition) is 1. The van der Waals surface area contributed by atoms with Crippen LogP contribution in [0.25, 0.3) is 0 Å². The van der Waals surface area contributed by atoms with Crippen molar-refractivity contribution in [2.75, 3.05) is 0 Å². The van der Waals surface area contributed by atoms with E-state index < -0.39 is 0 Å². The zero-order valence-electron chi connectivity index (χ0n) is 8.89. The van der Waals surface area contributed by atoms with E-state index in [1.165, 1.54) is 0 Å². The second-order valence-electron chi connectivity index (χ2n) is 4.00. The molecule has 2 heteroatoms. The first-order valence-corrected chi connectivity index (χ1v) is 5.49. The standard InChI is InChI=1S/C12H18ClN/c1-3-4-9-12(2,14)10-7-5-6-8-11(10)13/h5-8H,3-4,9,14H2,1-2H3. The maximum atomic E-state index is 6.24. The summed E-state index contributed by atoms with van der Waals surface area (Å²) in [6, 6.07) is 7.83.